The van der Waals surface area contributed by atoms with Gasteiger partial charge in [0.15, 0.2) is 5.82 Å². The predicted molar refractivity (Wildman–Crippen MR) is 134 cm³/mol. The molecule has 0 spiro atoms. The fraction of sp³-hybridized carbons (Fsp3) is 0.435. The molecule has 0 atom stereocenters. The van der Waals surface area contributed by atoms with Crippen molar-refractivity contribution >= 4 is 63.3 Å². The zero-order valence-electron chi connectivity index (χ0n) is 18.6. The Morgan fingerprint density at radius 2 is 1.74 bits per heavy atom. The van der Waals surface area contributed by atoms with Crippen molar-refractivity contribution in [1.82, 2.24) is 24.8 Å². The number of nitrogens with one attached hydrogen (secondary N) is 2. The quantitative estimate of drug-likeness (QED) is 0.432. The van der Waals surface area contributed by atoms with E-state index >= 15 is 0 Å². The van der Waals surface area contributed by atoms with E-state index in [2.05, 4.69) is 30.6 Å². The number of rotatable bonds is 5. The van der Waals surface area contributed by atoms with Crippen LogP contribution in [0.4, 0.5) is 23.1 Å². The summed E-state index contributed by atoms with van der Waals surface area (Å²) in [6.07, 6.45) is 8.95. The molecule has 3 aromatic rings. The smallest absolute Gasteiger partial charge is 0.225 e. The highest BCUT2D eigenvalue weighted by atomic mass is 35.5. The van der Waals surface area contributed by atoms with E-state index in [0.717, 1.165) is 51.6 Å². The van der Waals surface area contributed by atoms with Crippen molar-refractivity contribution in [3.8, 4) is 0 Å². The van der Waals surface area contributed by atoms with Crippen LogP contribution in [0.1, 0.15) is 38.5 Å². The van der Waals surface area contributed by atoms with Crippen LogP contribution in [0.5, 0.6) is 0 Å². The third kappa shape index (κ3) is 4.81. The van der Waals surface area contributed by atoms with Crippen LogP contribution in [0.3, 0.4) is 0 Å². The third-order valence-electron chi connectivity index (χ3n) is 6.55. The number of halogens is 2. The number of hydrogen-bond acceptors (Lipinski definition) is 8. The second-order valence-corrected chi connectivity index (χ2v) is 9.67. The highest BCUT2D eigenvalue weighted by Crippen LogP contribution is 2.33. The van der Waals surface area contributed by atoms with E-state index in [1.807, 2.05) is 4.90 Å². The van der Waals surface area contributed by atoms with Crippen LogP contribution in [0.2, 0.25) is 10.0 Å². The van der Waals surface area contributed by atoms with E-state index in [4.69, 9.17) is 28.9 Å². The minimum atomic E-state index is 0.136. The molecule has 178 valence electrons. The van der Waals surface area contributed by atoms with Crippen molar-refractivity contribution in [2.45, 2.75) is 44.6 Å². The molecule has 3 heterocycles. The van der Waals surface area contributed by atoms with Gasteiger partial charge in [-0.15, -0.1) is 0 Å². The number of nitrogens with zero attached hydrogens (tertiary/aromatic N) is 5. The highest BCUT2D eigenvalue weighted by molar-refractivity contribution is 6.39. The Morgan fingerprint density at radius 1 is 1.03 bits per heavy atom. The zero-order valence-corrected chi connectivity index (χ0v) is 20.1. The van der Waals surface area contributed by atoms with Gasteiger partial charge in [-0.2, -0.15) is 0 Å². The summed E-state index contributed by atoms with van der Waals surface area (Å²) in [6, 6.07) is 3.58. The van der Waals surface area contributed by atoms with Gasteiger partial charge >= 0.3 is 0 Å². The number of nitrogens with two attached hydrogens (primary N) is 1. The van der Waals surface area contributed by atoms with E-state index in [1.165, 1.54) is 6.33 Å². The van der Waals surface area contributed by atoms with Crippen molar-refractivity contribution in [2.24, 2.45) is 5.92 Å². The first-order valence-electron chi connectivity index (χ1n) is 11.5. The van der Waals surface area contributed by atoms with Crippen LogP contribution in [-0.2, 0) is 4.79 Å². The molecule has 2 fully saturated rings. The van der Waals surface area contributed by atoms with Gasteiger partial charge in [-0.3, -0.25) is 4.79 Å². The first-order chi connectivity index (χ1) is 16.5. The lowest BCUT2D eigenvalue weighted by Gasteiger charge is -2.30. The van der Waals surface area contributed by atoms with E-state index in [9.17, 15) is 4.79 Å². The standard InChI is InChI=1S/C23H26Cl2N8O/c24-16-9-15(10-17(25)19(16)26)30-21-20-18(28-12-29-21)11-27-23(32-20)31-14-5-3-13(4-6-14)22(34)33-7-1-2-8-33/h9-14H,1-8,26H2,(H,27,31,32)(H,28,29,30)/t13-,14-. The summed E-state index contributed by atoms with van der Waals surface area (Å²) < 4.78 is 0. The Hall–Kier alpha value is -2.91. The lowest BCUT2D eigenvalue weighted by molar-refractivity contribution is -0.135. The number of nitrogen functional groups attached to an aromatic ring is 1. The fourth-order valence-electron chi connectivity index (χ4n) is 4.67. The SMILES string of the molecule is Nc1c(Cl)cc(Nc2ncnc3cnc(N[C@H]4CC[C@H](C(=O)N5CCCC5)CC4)nc23)cc1Cl. The van der Waals surface area contributed by atoms with Gasteiger partial charge in [0.2, 0.25) is 11.9 Å². The van der Waals surface area contributed by atoms with Gasteiger partial charge in [-0.25, -0.2) is 19.9 Å². The monoisotopic (exact) mass is 500 g/mol. The van der Waals surface area contributed by atoms with Crippen LogP contribution in [0.15, 0.2) is 24.7 Å². The molecule has 0 radical (unpaired) electrons. The van der Waals surface area contributed by atoms with Gasteiger partial charge in [0.1, 0.15) is 17.4 Å². The summed E-state index contributed by atoms with van der Waals surface area (Å²) in [5.74, 6) is 1.48. The Kier molecular flexibility index (Phi) is 6.56. The molecule has 9 nitrogen and oxygen atoms in total. The molecule has 1 saturated carbocycles. The molecule has 4 N–H and O–H groups in total. The topological polar surface area (TPSA) is 122 Å². The van der Waals surface area contributed by atoms with Crippen molar-refractivity contribution in [1.29, 1.82) is 0 Å². The normalized spacial score (nSPS) is 20.5. The second kappa shape index (κ2) is 9.76. The Labute approximate surface area is 207 Å². The van der Waals surface area contributed by atoms with Gasteiger partial charge < -0.3 is 21.3 Å². The summed E-state index contributed by atoms with van der Waals surface area (Å²) in [4.78, 5) is 32.4. The summed E-state index contributed by atoms with van der Waals surface area (Å²) in [5, 5.41) is 7.33. The number of aromatic nitrogens is 4. The molecule has 0 unspecified atom stereocenters. The minimum Gasteiger partial charge on any atom is -0.396 e. The molecular weight excluding hydrogens is 475 g/mol. The lowest BCUT2D eigenvalue weighted by Crippen LogP contribution is -2.37. The van der Waals surface area contributed by atoms with Crippen LogP contribution in [-0.4, -0.2) is 49.9 Å². The number of carbonyl (C=O) groups is 1. The molecular formula is C23H26Cl2N8O. The first kappa shape index (κ1) is 22.9. The Bertz CT molecular complexity index is 1190. The van der Waals surface area contributed by atoms with Gasteiger partial charge in [0.05, 0.1) is 21.9 Å². The average Bonchev–Trinajstić information content (AvgIpc) is 3.38. The van der Waals surface area contributed by atoms with Gasteiger partial charge in [-0.05, 0) is 50.7 Å². The van der Waals surface area contributed by atoms with E-state index < -0.39 is 0 Å². The largest absolute Gasteiger partial charge is 0.396 e. The Morgan fingerprint density at radius 3 is 2.44 bits per heavy atom. The molecule has 0 bridgehead atoms. The fourth-order valence-corrected chi connectivity index (χ4v) is 5.16. The third-order valence-corrected chi connectivity index (χ3v) is 7.17. The average molecular weight is 501 g/mol. The van der Waals surface area contributed by atoms with Crippen molar-refractivity contribution in [3.63, 3.8) is 0 Å². The van der Waals surface area contributed by atoms with Crippen LogP contribution in [0.25, 0.3) is 11.0 Å². The molecule has 11 heteroatoms. The number of likely N-dealkylation sites (tertiary alicyclic amines) is 1. The predicted octanol–water partition coefficient (Wildman–Crippen LogP) is 4.65. The summed E-state index contributed by atoms with van der Waals surface area (Å²) in [5.41, 5.74) is 7.97. The lowest BCUT2D eigenvalue weighted by atomic mass is 9.85. The van der Waals surface area contributed by atoms with E-state index in [-0.39, 0.29) is 12.0 Å². The minimum absolute atomic E-state index is 0.136. The second-order valence-electron chi connectivity index (χ2n) is 8.85. The van der Waals surface area contributed by atoms with Gasteiger partial charge in [0, 0.05) is 30.7 Å². The van der Waals surface area contributed by atoms with Gasteiger partial charge in [0.25, 0.3) is 0 Å². The molecule has 2 aliphatic rings. The van der Waals surface area contributed by atoms with Crippen molar-refractivity contribution < 1.29 is 4.79 Å². The summed E-state index contributed by atoms with van der Waals surface area (Å²) in [7, 11) is 0. The molecule has 1 amide bonds. The van der Waals surface area contributed by atoms with Crippen molar-refractivity contribution in [3.05, 3.63) is 34.7 Å². The number of amides is 1. The molecule has 1 aliphatic heterocycles. The number of fused-ring (bicyclic) bond motifs is 1. The molecule has 34 heavy (non-hydrogen) atoms. The van der Waals surface area contributed by atoms with Gasteiger partial charge in [-0.1, -0.05) is 23.2 Å². The van der Waals surface area contributed by atoms with E-state index in [1.54, 1.807) is 18.3 Å². The maximum absolute atomic E-state index is 12.7. The number of anilines is 4. The molecule has 1 aromatic carbocycles. The number of hydrogen-bond donors (Lipinski definition) is 3. The number of carbonyl (C=O) groups excluding carboxylic acids is 1. The van der Waals surface area contributed by atoms with Crippen LogP contribution >= 0.6 is 23.2 Å². The maximum atomic E-state index is 12.7. The molecule has 5 rings (SSSR count). The van der Waals surface area contributed by atoms with Crippen LogP contribution in [0, 0.1) is 5.92 Å². The summed E-state index contributed by atoms with van der Waals surface area (Å²) in [6.45, 7) is 1.82. The highest BCUT2D eigenvalue weighted by Gasteiger charge is 2.30. The number of benzene rings is 1. The summed E-state index contributed by atoms with van der Waals surface area (Å²) >= 11 is 12.3. The zero-order chi connectivity index (χ0) is 23.7. The first-order valence-corrected chi connectivity index (χ1v) is 12.3. The Balaban J connectivity index is 1.28. The molecule has 1 aliphatic carbocycles. The van der Waals surface area contributed by atoms with Crippen LogP contribution < -0.4 is 16.4 Å². The molecule has 1 saturated heterocycles. The maximum Gasteiger partial charge on any atom is 0.225 e. The van der Waals surface area contributed by atoms with Crippen molar-refractivity contribution in [2.75, 3.05) is 29.5 Å². The van der Waals surface area contributed by atoms with E-state index in [0.29, 0.717) is 50.1 Å². The molecule has 2 aromatic heterocycles.